The Morgan fingerprint density at radius 3 is 2.69 bits per heavy atom. The second-order valence-electron chi connectivity index (χ2n) is 9.91. The van der Waals surface area contributed by atoms with E-state index in [1.54, 1.807) is 17.8 Å². The summed E-state index contributed by atoms with van der Waals surface area (Å²) < 4.78 is 38.5. The maximum absolute atomic E-state index is 12.8. The van der Waals surface area contributed by atoms with Crippen LogP contribution in [0.4, 0.5) is 13.2 Å². The number of rotatable bonds is 8. The van der Waals surface area contributed by atoms with Crippen LogP contribution in [0.2, 0.25) is 0 Å². The topological polar surface area (TPSA) is 68.2 Å². The average Bonchev–Trinajstić information content (AvgIpc) is 3.21. The van der Waals surface area contributed by atoms with Crippen LogP contribution in [0.1, 0.15) is 46.8 Å². The number of Topliss-reactive ketones (excluding diaryl/α,β-unsaturated/α-hetero) is 1. The normalized spacial score (nSPS) is 25.5. The Hall–Kier alpha value is -2.72. The molecule has 0 bridgehead atoms. The number of hydrogen-bond donors (Lipinski definition) is 2. The lowest BCUT2D eigenvalue weighted by molar-refractivity contribution is -0.137. The van der Waals surface area contributed by atoms with Crippen molar-refractivity contribution in [3.63, 3.8) is 0 Å². The van der Waals surface area contributed by atoms with E-state index in [4.69, 9.17) is 0 Å². The van der Waals surface area contributed by atoms with Gasteiger partial charge in [0.25, 0.3) is 0 Å². The molecule has 2 aromatic carbocycles. The monoisotopic (exact) mass is 518 g/mol. The lowest BCUT2D eigenvalue weighted by Gasteiger charge is -2.24. The van der Waals surface area contributed by atoms with E-state index in [2.05, 4.69) is 15.4 Å². The second kappa shape index (κ2) is 9.30. The van der Waals surface area contributed by atoms with Crippen LogP contribution >= 0.6 is 11.8 Å². The summed E-state index contributed by atoms with van der Waals surface area (Å²) in [6.45, 7) is 4.47. The van der Waals surface area contributed by atoms with Crippen molar-refractivity contribution in [2.24, 2.45) is 11.0 Å². The summed E-state index contributed by atoms with van der Waals surface area (Å²) in [5, 5.41) is 14.3. The zero-order chi connectivity index (χ0) is 25.7. The molecule has 0 radical (unpaired) electrons. The zero-order valence-electron chi connectivity index (χ0n) is 20.2. The van der Waals surface area contributed by atoms with E-state index in [1.807, 2.05) is 24.1 Å². The van der Waals surface area contributed by atoms with Crippen LogP contribution in [0.25, 0.3) is 0 Å². The molecular weight excluding hydrogens is 489 g/mol. The minimum atomic E-state index is -4.35. The number of benzene rings is 2. The van der Waals surface area contributed by atoms with Gasteiger partial charge < -0.3 is 14.9 Å². The first-order valence-corrected chi connectivity index (χ1v) is 13.1. The summed E-state index contributed by atoms with van der Waals surface area (Å²) in [4.78, 5) is 16.3. The van der Waals surface area contributed by atoms with Gasteiger partial charge in [0.2, 0.25) is 0 Å². The molecule has 0 amide bonds. The van der Waals surface area contributed by atoms with Gasteiger partial charge in [0.1, 0.15) is 5.75 Å². The number of thioether (sulfide) groups is 1. The maximum atomic E-state index is 12.8. The summed E-state index contributed by atoms with van der Waals surface area (Å²) in [6, 6.07) is 10.5. The number of aromatic hydroxyl groups is 1. The molecule has 36 heavy (non-hydrogen) atoms. The standard InChI is InChI=1S/C26H29F3N4O2S/c1-16(34)21-12-19(8-9-22(21)35)25-13-20(25)14-33(15-25)10-3-11-36-24-31-30-23(32(24)2)17-4-6-18(7-5-17)26(27,28)29/h4-9,12,20,24,31,35H,3,10-11,13-15H2,1-2H3. The first kappa shape index (κ1) is 25.0. The third kappa shape index (κ3) is 4.68. The Morgan fingerprint density at radius 1 is 1.25 bits per heavy atom. The van der Waals surface area contributed by atoms with E-state index in [0.717, 1.165) is 55.9 Å². The average molecular weight is 519 g/mol. The van der Waals surface area contributed by atoms with Crippen LogP contribution in [-0.2, 0) is 11.6 Å². The zero-order valence-corrected chi connectivity index (χ0v) is 21.0. The van der Waals surface area contributed by atoms with E-state index in [1.165, 1.54) is 19.1 Å². The molecular formula is C26H29F3N4O2S. The number of hydrazone groups is 1. The molecule has 5 rings (SSSR count). The van der Waals surface area contributed by atoms with Crippen molar-refractivity contribution in [1.29, 1.82) is 0 Å². The Labute approximate surface area is 212 Å². The van der Waals surface area contributed by atoms with Crippen molar-refractivity contribution in [1.82, 2.24) is 15.2 Å². The van der Waals surface area contributed by atoms with Crippen molar-refractivity contribution in [3.8, 4) is 5.75 Å². The quantitative estimate of drug-likeness (QED) is 0.397. The van der Waals surface area contributed by atoms with Gasteiger partial charge in [-0.15, -0.1) is 11.8 Å². The van der Waals surface area contributed by atoms with Crippen molar-refractivity contribution in [2.75, 3.05) is 32.4 Å². The predicted octanol–water partition coefficient (Wildman–Crippen LogP) is 4.49. The van der Waals surface area contributed by atoms with Gasteiger partial charge in [0.15, 0.2) is 17.1 Å². The van der Waals surface area contributed by atoms with Gasteiger partial charge >= 0.3 is 6.18 Å². The highest BCUT2D eigenvalue weighted by Crippen LogP contribution is 2.59. The summed E-state index contributed by atoms with van der Waals surface area (Å²) in [7, 11) is 1.89. The third-order valence-electron chi connectivity index (χ3n) is 7.50. The molecule has 2 fully saturated rings. The Balaban J connectivity index is 1.09. The summed E-state index contributed by atoms with van der Waals surface area (Å²) in [5.41, 5.74) is 4.64. The van der Waals surface area contributed by atoms with E-state index in [0.29, 0.717) is 22.9 Å². The Bertz CT molecular complexity index is 1190. The number of hydrogen-bond acceptors (Lipinski definition) is 7. The van der Waals surface area contributed by atoms with E-state index < -0.39 is 11.7 Å². The fraction of sp³-hybridized carbons (Fsp3) is 0.462. The fourth-order valence-corrected chi connectivity index (χ4v) is 6.40. The molecule has 1 saturated carbocycles. The van der Waals surface area contributed by atoms with Crippen LogP contribution in [0, 0.1) is 5.92 Å². The van der Waals surface area contributed by atoms with Crippen molar-refractivity contribution in [3.05, 3.63) is 64.7 Å². The molecule has 3 atom stereocenters. The molecule has 2 N–H and O–H groups in total. The number of halogens is 3. The van der Waals surface area contributed by atoms with E-state index in [9.17, 15) is 23.1 Å². The molecule has 0 aromatic heterocycles. The van der Waals surface area contributed by atoms with Gasteiger partial charge in [0.05, 0.1) is 11.1 Å². The number of phenolic OH excluding ortho intramolecular Hbond substituents is 1. The van der Waals surface area contributed by atoms with Crippen LogP contribution in [0.3, 0.4) is 0 Å². The highest BCUT2D eigenvalue weighted by Gasteiger charge is 2.60. The number of ketones is 1. The first-order chi connectivity index (χ1) is 17.1. The number of piperidine rings is 1. The van der Waals surface area contributed by atoms with Crippen LogP contribution in [-0.4, -0.2) is 64.5 Å². The maximum Gasteiger partial charge on any atom is 0.416 e. The lowest BCUT2D eigenvalue weighted by Crippen LogP contribution is -2.35. The van der Waals surface area contributed by atoms with Crippen LogP contribution in [0.5, 0.6) is 5.75 Å². The Kier molecular flexibility index (Phi) is 6.45. The summed E-state index contributed by atoms with van der Waals surface area (Å²) >= 11 is 1.72. The number of amidine groups is 1. The number of carbonyl (C=O) groups is 1. The predicted molar refractivity (Wildman–Crippen MR) is 134 cm³/mol. The van der Waals surface area contributed by atoms with Gasteiger partial charge in [0, 0.05) is 31.1 Å². The van der Waals surface area contributed by atoms with Gasteiger partial charge in [-0.05, 0) is 67.8 Å². The molecule has 1 saturated heterocycles. The number of nitrogens with zero attached hydrogens (tertiary/aromatic N) is 3. The highest BCUT2D eigenvalue weighted by atomic mass is 32.2. The molecule has 1 aliphatic carbocycles. The molecule has 6 nitrogen and oxygen atoms in total. The number of likely N-dealkylation sites (tertiary alicyclic amines) is 1. The van der Waals surface area contributed by atoms with E-state index >= 15 is 0 Å². The summed E-state index contributed by atoms with van der Waals surface area (Å²) in [6.07, 6.45) is -2.22. The molecule has 0 spiro atoms. The van der Waals surface area contributed by atoms with Gasteiger partial charge in [-0.1, -0.05) is 18.2 Å². The Morgan fingerprint density at radius 2 is 2.00 bits per heavy atom. The SMILES string of the molecule is CC(=O)c1cc(C23CC2CN(CCCSC2NN=C(c4ccc(C(F)(F)F)cc4)N2C)C3)ccc1O. The number of alkyl halides is 3. The lowest BCUT2D eigenvalue weighted by atomic mass is 9.92. The molecule has 10 heteroatoms. The third-order valence-corrected chi connectivity index (χ3v) is 8.76. The molecule has 3 aliphatic rings. The molecule has 2 heterocycles. The molecule has 2 aromatic rings. The van der Waals surface area contributed by atoms with Crippen LogP contribution < -0.4 is 5.43 Å². The van der Waals surface area contributed by atoms with Gasteiger partial charge in [-0.25, -0.2) is 0 Å². The minimum Gasteiger partial charge on any atom is -0.507 e. The van der Waals surface area contributed by atoms with Crippen molar-refractivity contribution in [2.45, 2.75) is 36.9 Å². The van der Waals surface area contributed by atoms with Crippen molar-refractivity contribution < 1.29 is 23.1 Å². The number of nitrogens with one attached hydrogen (secondary N) is 1. The number of carbonyl (C=O) groups excluding carboxylic acids is 1. The number of phenols is 1. The van der Waals surface area contributed by atoms with Crippen molar-refractivity contribution >= 4 is 23.4 Å². The van der Waals surface area contributed by atoms with Crippen LogP contribution in [0.15, 0.2) is 47.6 Å². The van der Waals surface area contributed by atoms with Gasteiger partial charge in [-0.3, -0.25) is 10.2 Å². The minimum absolute atomic E-state index is 0.0441. The molecule has 192 valence electrons. The number of fused-ring (bicyclic) bond motifs is 1. The first-order valence-electron chi connectivity index (χ1n) is 12.0. The highest BCUT2D eigenvalue weighted by molar-refractivity contribution is 7.99. The molecule has 3 unspecified atom stereocenters. The van der Waals surface area contributed by atoms with Gasteiger partial charge in [-0.2, -0.15) is 18.3 Å². The molecule has 2 aliphatic heterocycles. The second-order valence-corrected chi connectivity index (χ2v) is 11.1. The summed E-state index contributed by atoms with van der Waals surface area (Å²) in [5.74, 6) is 2.06. The fourth-order valence-electron chi connectivity index (χ4n) is 5.43. The smallest absolute Gasteiger partial charge is 0.416 e. The van der Waals surface area contributed by atoms with E-state index in [-0.39, 0.29) is 22.4 Å². The largest absolute Gasteiger partial charge is 0.507 e.